The summed E-state index contributed by atoms with van der Waals surface area (Å²) in [4.78, 5) is 18.0. The van der Waals surface area contributed by atoms with Gasteiger partial charge in [0.15, 0.2) is 0 Å². The summed E-state index contributed by atoms with van der Waals surface area (Å²) in [6, 6.07) is 3.07. The van der Waals surface area contributed by atoms with Gasteiger partial charge < -0.3 is 10.1 Å². The molecule has 0 aliphatic heterocycles. The van der Waals surface area contributed by atoms with Crippen LogP contribution in [0.25, 0.3) is 0 Å². The number of nitro benzene ring substituents is 1. The molecule has 0 aliphatic rings. The molecule has 8 heteroatoms. The standard InChI is InChI=1S/C13H13FN4O3/c1-7-4-8(2)11(10(5-7)18(19)20)21-12-9(14)6-16-13(15-3)17-12/h4-6H,1-3H3,(H,15,16,17). The van der Waals surface area contributed by atoms with Crippen LogP contribution in [0.3, 0.4) is 0 Å². The fourth-order valence-corrected chi connectivity index (χ4v) is 1.84. The summed E-state index contributed by atoms with van der Waals surface area (Å²) in [6.45, 7) is 3.38. The van der Waals surface area contributed by atoms with Gasteiger partial charge in [-0.3, -0.25) is 10.1 Å². The molecule has 0 unspecified atom stereocenters. The van der Waals surface area contributed by atoms with Gasteiger partial charge in [0.05, 0.1) is 11.1 Å². The maximum absolute atomic E-state index is 13.7. The van der Waals surface area contributed by atoms with Crippen molar-refractivity contribution in [2.45, 2.75) is 13.8 Å². The van der Waals surface area contributed by atoms with E-state index in [1.807, 2.05) is 0 Å². The number of benzene rings is 1. The molecule has 0 atom stereocenters. The normalized spacial score (nSPS) is 10.3. The molecule has 0 saturated carbocycles. The van der Waals surface area contributed by atoms with Crippen molar-refractivity contribution in [3.8, 4) is 11.6 Å². The average molecular weight is 292 g/mol. The third-order valence-electron chi connectivity index (χ3n) is 2.73. The Morgan fingerprint density at radius 2 is 2.10 bits per heavy atom. The minimum Gasteiger partial charge on any atom is -0.429 e. The predicted molar refractivity (Wildman–Crippen MR) is 74.2 cm³/mol. The van der Waals surface area contributed by atoms with E-state index in [2.05, 4.69) is 15.3 Å². The summed E-state index contributed by atoms with van der Waals surface area (Å²) >= 11 is 0. The molecular formula is C13H13FN4O3. The Morgan fingerprint density at radius 1 is 1.38 bits per heavy atom. The molecule has 110 valence electrons. The monoisotopic (exact) mass is 292 g/mol. The van der Waals surface area contributed by atoms with E-state index in [0.717, 1.165) is 6.20 Å². The molecule has 1 N–H and O–H groups in total. The highest BCUT2D eigenvalue weighted by atomic mass is 19.1. The Balaban J connectivity index is 2.51. The first-order valence-corrected chi connectivity index (χ1v) is 6.06. The highest BCUT2D eigenvalue weighted by Gasteiger charge is 2.21. The number of rotatable bonds is 4. The molecular weight excluding hydrogens is 279 g/mol. The van der Waals surface area contributed by atoms with Gasteiger partial charge in [0.2, 0.25) is 17.5 Å². The maximum atomic E-state index is 13.7. The first-order chi connectivity index (χ1) is 9.92. The van der Waals surface area contributed by atoms with E-state index in [1.165, 1.54) is 6.07 Å². The molecule has 0 saturated heterocycles. The van der Waals surface area contributed by atoms with Crippen molar-refractivity contribution >= 4 is 11.6 Å². The summed E-state index contributed by atoms with van der Waals surface area (Å²) in [6.07, 6.45) is 0.934. The van der Waals surface area contributed by atoms with Crippen molar-refractivity contribution in [3.63, 3.8) is 0 Å². The zero-order chi connectivity index (χ0) is 15.6. The van der Waals surface area contributed by atoms with Crippen LogP contribution in [0.5, 0.6) is 11.6 Å². The number of aryl methyl sites for hydroxylation is 2. The zero-order valence-electron chi connectivity index (χ0n) is 11.7. The number of aromatic nitrogens is 2. The second-order valence-electron chi connectivity index (χ2n) is 4.39. The van der Waals surface area contributed by atoms with E-state index in [1.54, 1.807) is 27.0 Å². The summed E-state index contributed by atoms with van der Waals surface area (Å²) in [5.41, 5.74) is 0.993. The lowest BCUT2D eigenvalue weighted by Gasteiger charge is -2.10. The van der Waals surface area contributed by atoms with Crippen molar-refractivity contribution in [1.82, 2.24) is 9.97 Å². The Labute approximate surface area is 120 Å². The number of anilines is 1. The largest absolute Gasteiger partial charge is 0.429 e. The molecule has 2 rings (SSSR count). The van der Waals surface area contributed by atoms with E-state index >= 15 is 0 Å². The lowest BCUT2D eigenvalue weighted by Crippen LogP contribution is -2.02. The Kier molecular flexibility index (Phi) is 3.97. The number of nitro groups is 1. The molecule has 0 radical (unpaired) electrons. The number of hydrogen-bond acceptors (Lipinski definition) is 6. The van der Waals surface area contributed by atoms with Gasteiger partial charge in [-0.25, -0.2) is 4.98 Å². The smallest absolute Gasteiger partial charge is 0.312 e. The van der Waals surface area contributed by atoms with Crippen LogP contribution in [-0.4, -0.2) is 21.9 Å². The van der Waals surface area contributed by atoms with Gasteiger partial charge in [0.25, 0.3) is 5.88 Å². The number of hydrogen-bond donors (Lipinski definition) is 1. The van der Waals surface area contributed by atoms with E-state index in [4.69, 9.17) is 4.74 Å². The molecule has 0 amide bonds. The SMILES string of the molecule is CNc1ncc(F)c(Oc2c(C)cc(C)cc2[N+](=O)[O-])n1. The van der Waals surface area contributed by atoms with E-state index in [0.29, 0.717) is 11.1 Å². The molecule has 2 aromatic rings. The molecule has 1 aromatic carbocycles. The van der Waals surface area contributed by atoms with Gasteiger partial charge in [-0.15, -0.1) is 0 Å². The molecule has 1 heterocycles. The molecule has 0 bridgehead atoms. The van der Waals surface area contributed by atoms with E-state index < -0.39 is 10.7 Å². The summed E-state index contributed by atoms with van der Waals surface area (Å²) in [5.74, 6) is -1.06. The maximum Gasteiger partial charge on any atom is 0.312 e. The van der Waals surface area contributed by atoms with Crippen LogP contribution in [0, 0.1) is 29.8 Å². The predicted octanol–water partition coefficient (Wildman–Crippen LogP) is 2.97. The third kappa shape index (κ3) is 3.04. The van der Waals surface area contributed by atoms with Crippen molar-refractivity contribution in [2.75, 3.05) is 12.4 Å². The van der Waals surface area contributed by atoms with Crippen LogP contribution >= 0.6 is 0 Å². The molecule has 0 spiro atoms. The van der Waals surface area contributed by atoms with Gasteiger partial charge in [0.1, 0.15) is 0 Å². The van der Waals surface area contributed by atoms with Crippen molar-refractivity contribution < 1.29 is 14.1 Å². The molecule has 0 fully saturated rings. The summed E-state index contributed by atoms with van der Waals surface area (Å²) < 4.78 is 19.0. The number of nitrogens with zero attached hydrogens (tertiary/aromatic N) is 3. The number of ether oxygens (including phenoxy) is 1. The van der Waals surface area contributed by atoms with E-state index in [9.17, 15) is 14.5 Å². The first-order valence-electron chi connectivity index (χ1n) is 6.06. The van der Waals surface area contributed by atoms with Crippen LogP contribution in [-0.2, 0) is 0 Å². The fraction of sp³-hybridized carbons (Fsp3) is 0.231. The quantitative estimate of drug-likeness (QED) is 0.688. The highest BCUT2D eigenvalue weighted by molar-refractivity contribution is 5.55. The minimum atomic E-state index is -0.803. The van der Waals surface area contributed by atoms with Gasteiger partial charge >= 0.3 is 5.69 Å². The van der Waals surface area contributed by atoms with Gasteiger partial charge in [-0.1, -0.05) is 6.07 Å². The fourth-order valence-electron chi connectivity index (χ4n) is 1.84. The van der Waals surface area contributed by atoms with Crippen LogP contribution < -0.4 is 10.1 Å². The van der Waals surface area contributed by atoms with Gasteiger partial charge in [-0.2, -0.15) is 9.37 Å². The van der Waals surface area contributed by atoms with Gasteiger partial charge in [-0.05, 0) is 25.0 Å². The van der Waals surface area contributed by atoms with Crippen molar-refractivity contribution in [1.29, 1.82) is 0 Å². The molecule has 7 nitrogen and oxygen atoms in total. The topological polar surface area (TPSA) is 90.2 Å². The second-order valence-corrected chi connectivity index (χ2v) is 4.39. The Bertz CT molecular complexity index is 706. The Hall–Kier alpha value is -2.77. The summed E-state index contributed by atoms with van der Waals surface area (Å²) in [7, 11) is 1.57. The van der Waals surface area contributed by atoms with E-state index in [-0.39, 0.29) is 23.3 Å². The van der Waals surface area contributed by atoms with Crippen molar-refractivity contribution in [3.05, 3.63) is 45.4 Å². The lowest BCUT2D eigenvalue weighted by atomic mass is 10.1. The second kappa shape index (κ2) is 5.70. The van der Waals surface area contributed by atoms with Crippen LogP contribution in [0.4, 0.5) is 16.0 Å². The average Bonchev–Trinajstić information content (AvgIpc) is 2.43. The van der Waals surface area contributed by atoms with Crippen molar-refractivity contribution in [2.24, 2.45) is 0 Å². The first kappa shape index (κ1) is 14.6. The number of nitrogens with one attached hydrogen (secondary N) is 1. The number of halogens is 1. The van der Waals surface area contributed by atoms with Crippen LogP contribution in [0.15, 0.2) is 18.3 Å². The van der Waals surface area contributed by atoms with Crippen LogP contribution in [0.2, 0.25) is 0 Å². The lowest BCUT2D eigenvalue weighted by molar-refractivity contribution is -0.385. The molecule has 0 aliphatic carbocycles. The van der Waals surface area contributed by atoms with Crippen LogP contribution in [0.1, 0.15) is 11.1 Å². The van der Waals surface area contributed by atoms with Gasteiger partial charge in [0, 0.05) is 13.1 Å². The zero-order valence-corrected chi connectivity index (χ0v) is 11.7. The molecule has 1 aromatic heterocycles. The third-order valence-corrected chi connectivity index (χ3v) is 2.73. The summed E-state index contributed by atoms with van der Waals surface area (Å²) in [5, 5.41) is 13.7. The minimum absolute atomic E-state index is 0.0368. The molecule has 21 heavy (non-hydrogen) atoms. The Morgan fingerprint density at radius 3 is 2.71 bits per heavy atom. The highest BCUT2D eigenvalue weighted by Crippen LogP contribution is 2.35.